The number of nitrogens with one attached hydrogen (secondary N) is 1. The van der Waals surface area contributed by atoms with Gasteiger partial charge in [-0.15, -0.1) is 0 Å². The smallest absolute Gasteiger partial charge is 0.00123 e. The summed E-state index contributed by atoms with van der Waals surface area (Å²) in [6, 6.07) is 0. The zero-order chi connectivity index (χ0) is 7.23. The number of rotatable bonds is 4. The maximum Gasteiger partial charge on any atom is -0.00123 e. The molecular formula is C8H17NS. The van der Waals surface area contributed by atoms with Gasteiger partial charge < -0.3 is 5.32 Å². The van der Waals surface area contributed by atoms with Gasteiger partial charge in [0.25, 0.3) is 0 Å². The van der Waals surface area contributed by atoms with Crippen molar-refractivity contribution in [3.63, 3.8) is 0 Å². The molecule has 60 valence electrons. The van der Waals surface area contributed by atoms with Crippen LogP contribution >= 0.6 is 11.8 Å². The first-order valence-electron chi connectivity index (χ1n) is 4.22. The average molecular weight is 159 g/mol. The van der Waals surface area contributed by atoms with E-state index in [0.717, 1.165) is 5.92 Å². The third kappa shape index (κ3) is 2.93. The summed E-state index contributed by atoms with van der Waals surface area (Å²) in [6.07, 6.45) is 2.70. The van der Waals surface area contributed by atoms with Crippen LogP contribution in [0.3, 0.4) is 0 Å². The van der Waals surface area contributed by atoms with Gasteiger partial charge in [-0.3, -0.25) is 0 Å². The summed E-state index contributed by atoms with van der Waals surface area (Å²) in [5.41, 5.74) is 0. The van der Waals surface area contributed by atoms with Crippen LogP contribution in [0.15, 0.2) is 0 Å². The monoisotopic (exact) mass is 159 g/mol. The van der Waals surface area contributed by atoms with Crippen LogP contribution in [0.1, 0.15) is 19.8 Å². The van der Waals surface area contributed by atoms with E-state index >= 15 is 0 Å². The first kappa shape index (κ1) is 8.41. The molecule has 0 amide bonds. The minimum absolute atomic E-state index is 0.969. The van der Waals surface area contributed by atoms with Crippen molar-refractivity contribution < 1.29 is 0 Å². The molecule has 0 aromatic rings. The molecule has 0 aromatic heterocycles. The average Bonchev–Trinajstić information content (AvgIpc) is 2.41. The molecule has 0 saturated carbocycles. The lowest BCUT2D eigenvalue weighted by atomic mass is 10.1. The van der Waals surface area contributed by atoms with Gasteiger partial charge in [0, 0.05) is 0 Å². The molecule has 1 saturated heterocycles. The SMILES string of the molecule is CCCNCC1CCSC1. The molecule has 0 spiro atoms. The molecule has 0 aliphatic carbocycles. The normalized spacial score (nSPS) is 25.5. The van der Waals surface area contributed by atoms with Crippen LogP contribution in [-0.4, -0.2) is 24.6 Å². The van der Waals surface area contributed by atoms with E-state index in [1.54, 1.807) is 0 Å². The predicted octanol–water partition coefficient (Wildman–Crippen LogP) is 1.74. The number of thioether (sulfide) groups is 1. The van der Waals surface area contributed by atoms with Crippen LogP contribution in [0.25, 0.3) is 0 Å². The van der Waals surface area contributed by atoms with Crippen molar-refractivity contribution in [2.24, 2.45) is 5.92 Å². The van der Waals surface area contributed by atoms with E-state index in [9.17, 15) is 0 Å². The summed E-state index contributed by atoms with van der Waals surface area (Å²) in [5, 5.41) is 3.46. The molecular weight excluding hydrogens is 142 g/mol. The Hall–Kier alpha value is 0.310. The second-order valence-corrected chi connectivity index (χ2v) is 4.08. The molecule has 1 N–H and O–H groups in total. The lowest BCUT2D eigenvalue weighted by Gasteiger charge is -2.07. The van der Waals surface area contributed by atoms with Crippen LogP contribution in [0, 0.1) is 5.92 Å². The quantitative estimate of drug-likeness (QED) is 0.627. The van der Waals surface area contributed by atoms with Gasteiger partial charge in [0.2, 0.25) is 0 Å². The van der Waals surface area contributed by atoms with Gasteiger partial charge in [-0.2, -0.15) is 11.8 Å². The zero-order valence-corrected chi connectivity index (χ0v) is 7.54. The van der Waals surface area contributed by atoms with Crippen LogP contribution in [0.2, 0.25) is 0 Å². The Balaban J connectivity index is 1.91. The molecule has 1 unspecified atom stereocenters. The Bertz CT molecular complexity index is 79.3. The van der Waals surface area contributed by atoms with Gasteiger partial charge in [0.05, 0.1) is 0 Å². The van der Waals surface area contributed by atoms with Gasteiger partial charge in [-0.1, -0.05) is 6.92 Å². The molecule has 1 nitrogen and oxygen atoms in total. The highest BCUT2D eigenvalue weighted by atomic mass is 32.2. The summed E-state index contributed by atoms with van der Waals surface area (Å²) < 4.78 is 0. The third-order valence-electron chi connectivity index (χ3n) is 1.88. The predicted molar refractivity (Wildman–Crippen MR) is 48.6 cm³/mol. The fourth-order valence-corrected chi connectivity index (χ4v) is 2.51. The lowest BCUT2D eigenvalue weighted by Crippen LogP contribution is -2.23. The second-order valence-electron chi connectivity index (χ2n) is 2.93. The standard InChI is InChI=1S/C8H17NS/c1-2-4-9-6-8-3-5-10-7-8/h8-9H,2-7H2,1H3. The maximum absolute atomic E-state index is 3.46. The van der Waals surface area contributed by atoms with Gasteiger partial charge >= 0.3 is 0 Å². The fourth-order valence-electron chi connectivity index (χ4n) is 1.23. The van der Waals surface area contributed by atoms with Crippen molar-refractivity contribution in [2.75, 3.05) is 24.6 Å². The van der Waals surface area contributed by atoms with Crippen molar-refractivity contribution >= 4 is 11.8 Å². The van der Waals surface area contributed by atoms with Crippen molar-refractivity contribution in [1.29, 1.82) is 0 Å². The molecule has 0 radical (unpaired) electrons. The van der Waals surface area contributed by atoms with Gasteiger partial charge in [-0.05, 0) is 43.4 Å². The Morgan fingerprint density at radius 2 is 2.50 bits per heavy atom. The molecule has 1 atom stereocenters. The summed E-state index contributed by atoms with van der Waals surface area (Å²) in [7, 11) is 0. The minimum atomic E-state index is 0.969. The van der Waals surface area contributed by atoms with Crippen molar-refractivity contribution in [3.05, 3.63) is 0 Å². The second kappa shape index (κ2) is 5.03. The molecule has 1 heterocycles. The molecule has 1 fully saturated rings. The van der Waals surface area contributed by atoms with E-state index in [1.165, 1.54) is 37.4 Å². The molecule has 10 heavy (non-hydrogen) atoms. The number of hydrogen-bond donors (Lipinski definition) is 1. The summed E-state index contributed by atoms with van der Waals surface area (Å²) in [6.45, 7) is 4.67. The van der Waals surface area contributed by atoms with Gasteiger partial charge in [0.15, 0.2) is 0 Å². The van der Waals surface area contributed by atoms with Crippen LogP contribution in [-0.2, 0) is 0 Å². The van der Waals surface area contributed by atoms with E-state index in [2.05, 4.69) is 24.0 Å². The molecule has 2 heteroatoms. The van der Waals surface area contributed by atoms with Crippen molar-refractivity contribution in [3.8, 4) is 0 Å². The minimum Gasteiger partial charge on any atom is -0.316 e. The van der Waals surface area contributed by atoms with Crippen LogP contribution in [0.4, 0.5) is 0 Å². The largest absolute Gasteiger partial charge is 0.316 e. The molecule has 1 aliphatic heterocycles. The molecule has 0 bridgehead atoms. The molecule has 0 aromatic carbocycles. The lowest BCUT2D eigenvalue weighted by molar-refractivity contribution is 0.523. The van der Waals surface area contributed by atoms with E-state index in [4.69, 9.17) is 0 Å². The Kier molecular flexibility index (Phi) is 4.23. The van der Waals surface area contributed by atoms with Crippen molar-refractivity contribution in [2.45, 2.75) is 19.8 Å². The highest BCUT2D eigenvalue weighted by Crippen LogP contribution is 2.22. The molecule has 1 aliphatic rings. The van der Waals surface area contributed by atoms with Gasteiger partial charge in [-0.25, -0.2) is 0 Å². The third-order valence-corrected chi connectivity index (χ3v) is 3.12. The summed E-state index contributed by atoms with van der Waals surface area (Å²) in [4.78, 5) is 0. The Labute approximate surface area is 68.0 Å². The van der Waals surface area contributed by atoms with Gasteiger partial charge in [0.1, 0.15) is 0 Å². The van der Waals surface area contributed by atoms with Crippen LogP contribution in [0.5, 0.6) is 0 Å². The maximum atomic E-state index is 3.46. The van der Waals surface area contributed by atoms with Crippen LogP contribution < -0.4 is 5.32 Å². The highest BCUT2D eigenvalue weighted by Gasteiger charge is 2.13. The van der Waals surface area contributed by atoms with E-state index in [1.807, 2.05) is 0 Å². The topological polar surface area (TPSA) is 12.0 Å². The van der Waals surface area contributed by atoms with E-state index in [-0.39, 0.29) is 0 Å². The fraction of sp³-hybridized carbons (Fsp3) is 1.00. The Morgan fingerprint density at radius 1 is 1.60 bits per heavy atom. The van der Waals surface area contributed by atoms with Crippen molar-refractivity contribution in [1.82, 2.24) is 5.32 Å². The highest BCUT2D eigenvalue weighted by molar-refractivity contribution is 7.99. The first-order valence-corrected chi connectivity index (χ1v) is 5.37. The van der Waals surface area contributed by atoms with E-state index < -0.39 is 0 Å². The summed E-state index contributed by atoms with van der Waals surface area (Å²) in [5.74, 6) is 3.74. The zero-order valence-electron chi connectivity index (χ0n) is 6.73. The first-order chi connectivity index (χ1) is 4.93. The number of hydrogen-bond acceptors (Lipinski definition) is 2. The summed E-state index contributed by atoms with van der Waals surface area (Å²) >= 11 is 2.10. The molecule has 1 rings (SSSR count). The van der Waals surface area contributed by atoms with E-state index in [0.29, 0.717) is 0 Å². The Morgan fingerprint density at radius 3 is 3.10 bits per heavy atom.